The lowest BCUT2D eigenvalue weighted by atomic mass is 9.81. The largest absolute Gasteiger partial charge is 0.310 e. The SMILES string of the molecule is c1ccc(-c2cc(-c3ccccc3)c3c4ccc(-c5ccc(N(c6ccccc6)c6ccc7ccccc7c6)cc5)cc4c4ccccc4c3c2-c2ccccc2)cc1. The summed E-state index contributed by atoms with van der Waals surface area (Å²) in [4.78, 5) is 2.34. The summed E-state index contributed by atoms with van der Waals surface area (Å²) in [6.07, 6.45) is 0. The molecule has 0 aliphatic rings. The highest BCUT2D eigenvalue weighted by atomic mass is 15.1. The molecule has 59 heavy (non-hydrogen) atoms. The van der Waals surface area contributed by atoms with Crippen LogP contribution in [0, 0.1) is 0 Å². The van der Waals surface area contributed by atoms with Crippen molar-refractivity contribution in [2.75, 3.05) is 4.90 Å². The van der Waals surface area contributed by atoms with E-state index in [1.54, 1.807) is 0 Å². The first-order valence-electron chi connectivity index (χ1n) is 20.3. The van der Waals surface area contributed by atoms with E-state index in [4.69, 9.17) is 0 Å². The van der Waals surface area contributed by atoms with Crippen molar-refractivity contribution in [3.8, 4) is 44.5 Å². The van der Waals surface area contributed by atoms with Crippen LogP contribution in [0.25, 0.3) is 87.6 Å². The zero-order valence-corrected chi connectivity index (χ0v) is 32.5. The molecule has 11 aromatic carbocycles. The lowest BCUT2D eigenvalue weighted by Gasteiger charge is -2.26. The van der Waals surface area contributed by atoms with Crippen LogP contribution >= 0.6 is 0 Å². The molecule has 0 N–H and O–H groups in total. The first-order valence-corrected chi connectivity index (χ1v) is 20.3. The third kappa shape index (κ3) is 6.12. The number of hydrogen-bond donors (Lipinski definition) is 0. The Bertz CT molecular complexity index is 3280. The zero-order chi connectivity index (χ0) is 39.1. The van der Waals surface area contributed by atoms with E-state index < -0.39 is 0 Å². The highest BCUT2D eigenvalue weighted by Gasteiger charge is 2.22. The molecule has 0 heterocycles. The van der Waals surface area contributed by atoms with E-state index in [2.05, 4.69) is 241 Å². The minimum atomic E-state index is 1.11. The van der Waals surface area contributed by atoms with Crippen LogP contribution in [-0.2, 0) is 0 Å². The molecular weight excluding hydrogens is 711 g/mol. The van der Waals surface area contributed by atoms with Crippen LogP contribution in [0.2, 0.25) is 0 Å². The van der Waals surface area contributed by atoms with Gasteiger partial charge in [0.15, 0.2) is 0 Å². The topological polar surface area (TPSA) is 3.24 Å². The van der Waals surface area contributed by atoms with Crippen LogP contribution in [0.4, 0.5) is 17.1 Å². The van der Waals surface area contributed by atoms with Gasteiger partial charge in [-0.25, -0.2) is 0 Å². The van der Waals surface area contributed by atoms with Crippen LogP contribution in [0.1, 0.15) is 0 Å². The van der Waals surface area contributed by atoms with Crippen LogP contribution in [0.3, 0.4) is 0 Å². The molecule has 0 aromatic heterocycles. The molecule has 1 heteroatoms. The Morgan fingerprint density at radius 1 is 0.237 bits per heavy atom. The maximum atomic E-state index is 2.43. The average Bonchev–Trinajstić information content (AvgIpc) is 3.32. The zero-order valence-electron chi connectivity index (χ0n) is 32.5. The normalized spacial score (nSPS) is 11.4. The van der Waals surface area contributed by atoms with Gasteiger partial charge in [0.05, 0.1) is 0 Å². The van der Waals surface area contributed by atoms with Crippen molar-refractivity contribution in [1.29, 1.82) is 0 Å². The fraction of sp³-hybridized carbons (Fsp3) is 0. The molecule has 11 aromatic rings. The Kier molecular flexibility index (Phi) is 8.56. The molecule has 0 aliphatic heterocycles. The van der Waals surface area contributed by atoms with Gasteiger partial charge in [-0.05, 0) is 136 Å². The quantitative estimate of drug-likeness (QED) is 0.147. The van der Waals surface area contributed by atoms with Crippen molar-refractivity contribution in [1.82, 2.24) is 0 Å². The van der Waals surface area contributed by atoms with E-state index in [1.807, 2.05) is 0 Å². The molecule has 0 saturated carbocycles. The summed E-state index contributed by atoms with van der Waals surface area (Å²) in [6, 6.07) is 86.2. The molecule has 0 bridgehead atoms. The molecule has 0 fully saturated rings. The van der Waals surface area contributed by atoms with Gasteiger partial charge in [0.2, 0.25) is 0 Å². The molecule has 1 nitrogen and oxygen atoms in total. The van der Waals surface area contributed by atoms with Crippen molar-refractivity contribution in [2.45, 2.75) is 0 Å². The molecule has 0 unspecified atom stereocenters. The van der Waals surface area contributed by atoms with Crippen molar-refractivity contribution in [3.05, 3.63) is 237 Å². The number of benzene rings is 11. The van der Waals surface area contributed by atoms with Gasteiger partial charge in [0.25, 0.3) is 0 Å². The summed E-state index contributed by atoms with van der Waals surface area (Å²) < 4.78 is 0. The second-order valence-corrected chi connectivity index (χ2v) is 15.2. The number of rotatable bonds is 7. The monoisotopic (exact) mass is 749 g/mol. The molecule has 0 amide bonds. The standard InChI is InChI=1S/C58H39N/c1-5-18-42(19-6-1)53-39-54(43-20-7-2-8-21-43)57-52-36-32-46(38-55(52)50-27-15-16-28-51(50)58(57)56(53)44-22-9-3-10-23-44)41-29-33-48(34-30-41)59(47-25-11-4-12-26-47)49-35-31-40-17-13-14-24-45(40)37-49/h1-39H. The van der Waals surface area contributed by atoms with Gasteiger partial charge in [0, 0.05) is 17.1 Å². The number of fused-ring (bicyclic) bond motifs is 7. The molecule has 276 valence electrons. The number of anilines is 3. The lowest BCUT2D eigenvalue weighted by Crippen LogP contribution is -2.09. The van der Waals surface area contributed by atoms with Gasteiger partial charge < -0.3 is 4.90 Å². The number of hydrogen-bond acceptors (Lipinski definition) is 1. The highest BCUT2D eigenvalue weighted by Crippen LogP contribution is 2.49. The molecule has 0 radical (unpaired) electrons. The van der Waals surface area contributed by atoms with Crippen LogP contribution in [0.5, 0.6) is 0 Å². The first-order chi connectivity index (χ1) is 29.3. The fourth-order valence-electron chi connectivity index (χ4n) is 9.07. The molecule has 0 saturated heterocycles. The second-order valence-electron chi connectivity index (χ2n) is 15.2. The summed E-state index contributed by atoms with van der Waals surface area (Å²) in [7, 11) is 0. The maximum Gasteiger partial charge on any atom is 0.0468 e. The Labute approximate surface area is 344 Å². The molecule has 0 atom stereocenters. The third-order valence-corrected chi connectivity index (χ3v) is 11.8. The summed E-state index contributed by atoms with van der Waals surface area (Å²) >= 11 is 0. The highest BCUT2D eigenvalue weighted by molar-refractivity contribution is 6.33. The summed E-state index contributed by atoms with van der Waals surface area (Å²) in [5, 5.41) is 10.0. The summed E-state index contributed by atoms with van der Waals surface area (Å²) in [6.45, 7) is 0. The van der Waals surface area contributed by atoms with Crippen molar-refractivity contribution >= 4 is 60.2 Å². The van der Waals surface area contributed by atoms with E-state index in [0.29, 0.717) is 0 Å². The Morgan fingerprint density at radius 3 is 1.44 bits per heavy atom. The minimum Gasteiger partial charge on any atom is -0.310 e. The van der Waals surface area contributed by atoms with E-state index in [9.17, 15) is 0 Å². The Hall–Kier alpha value is -7.74. The van der Waals surface area contributed by atoms with Gasteiger partial charge in [-0.1, -0.05) is 188 Å². The third-order valence-electron chi connectivity index (χ3n) is 11.8. The van der Waals surface area contributed by atoms with Crippen LogP contribution in [0.15, 0.2) is 237 Å². The predicted octanol–water partition coefficient (Wildman–Crippen LogP) is 16.4. The van der Waals surface area contributed by atoms with Gasteiger partial charge in [0.1, 0.15) is 0 Å². The summed E-state index contributed by atoms with van der Waals surface area (Å²) in [5.74, 6) is 0. The first kappa shape index (κ1) is 34.5. The smallest absolute Gasteiger partial charge is 0.0468 e. The number of para-hydroxylation sites is 1. The molecule has 11 rings (SSSR count). The van der Waals surface area contributed by atoms with E-state index in [1.165, 1.54) is 87.6 Å². The van der Waals surface area contributed by atoms with Gasteiger partial charge in [-0.15, -0.1) is 0 Å². The lowest BCUT2D eigenvalue weighted by molar-refractivity contribution is 1.29. The van der Waals surface area contributed by atoms with Gasteiger partial charge in [-0.3, -0.25) is 0 Å². The molecule has 0 spiro atoms. The average molecular weight is 750 g/mol. The number of nitrogens with zero attached hydrogens (tertiary/aromatic N) is 1. The van der Waals surface area contributed by atoms with E-state index in [-0.39, 0.29) is 0 Å². The second kappa shape index (κ2) is 14.6. The maximum absolute atomic E-state index is 2.43. The molecular formula is C58H39N. The summed E-state index contributed by atoms with van der Waals surface area (Å²) in [5.41, 5.74) is 13.1. The van der Waals surface area contributed by atoms with Crippen LogP contribution in [-0.4, -0.2) is 0 Å². The predicted molar refractivity (Wildman–Crippen MR) is 253 cm³/mol. The Balaban J connectivity index is 1.13. The molecule has 0 aliphatic carbocycles. The van der Waals surface area contributed by atoms with Gasteiger partial charge in [-0.2, -0.15) is 0 Å². The fourth-order valence-corrected chi connectivity index (χ4v) is 9.07. The van der Waals surface area contributed by atoms with Crippen molar-refractivity contribution in [2.24, 2.45) is 0 Å². The van der Waals surface area contributed by atoms with E-state index >= 15 is 0 Å². The van der Waals surface area contributed by atoms with Crippen LogP contribution < -0.4 is 4.90 Å². The van der Waals surface area contributed by atoms with Crippen molar-refractivity contribution < 1.29 is 0 Å². The Morgan fingerprint density at radius 2 is 0.746 bits per heavy atom. The minimum absolute atomic E-state index is 1.11. The van der Waals surface area contributed by atoms with E-state index in [0.717, 1.165) is 17.1 Å². The van der Waals surface area contributed by atoms with Gasteiger partial charge >= 0.3 is 0 Å². The van der Waals surface area contributed by atoms with Crippen molar-refractivity contribution in [3.63, 3.8) is 0 Å².